The number of ether oxygens (including phenoxy) is 1. The fourth-order valence-electron chi connectivity index (χ4n) is 1.76. The fraction of sp³-hybridized carbons (Fsp3) is 0.250. The van der Waals surface area contributed by atoms with Gasteiger partial charge in [0.25, 0.3) is 0 Å². The number of benzene rings is 1. The van der Waals surface area contributed by atoms with E-state index in [4.69, 9.17) is 9.84 Å². The number of rotatable bonds is 4. The van der Waals surface area contributed by atoms with Crippen molar-refractivity contribution in [1.82, 2.24) is 0 Å². The number of hydrogen-bond donors (Lipinski definition) is 1. The summed E-state index contributed by atoms with van der Waals surface area (Å²) in [6.07, 6.45) is 1.58. The third-order valence-corrected chi connectivity index (χ3v) is 2.61. The Labute approximate surface area is 88.0 Å². The lowest BCUT2D eigenvalue weighted by atomic mass is 9.96. The Bertz CT molecular complexity index is 385. The molecule has 78 valence electrons. The third kappa shape index (κ3) is 1.55. The van der Waals surface area contributed by atoms with Crippen LogP contribution in [0.5, 0.6) is 0 Å². The molecule has 3 nitrogen and oxygen atoms in total. The van der Waals surface area contributed by atoms with Gasteiger partial charge in [-0.15, -0.1) is 6.58 Å². The highest BCUT2D eigenvalue weighted by molar-refractivity contribution is 5.82. The molecule has 0 saturated carbocycles. The zero-order valence-corrected chi connectivity index (χ0v) is 8.22. The van der Waals surface area contributed by atoms with Gasteiger partial charge in [-0.2, -0.15) is 0 Å². The van der Waals surface area contributed by atoms with Gasteiger partial charge in [0.15, 0.2) is 5.60 Å². The molecular weight excluding hydrogens is 192 g/mol. The van der Waals surface area contributed by atoms with Gasteiger partial charge >= 0.3 is 5.97 Å². The molecule has 1 fully saturated rings. The number of carboxylic acids is 1. The zero-order chi connectivity index (χ0) is 10.9. The van der Waals surface area contributed by atoms with Gasteiger partial charge in [0.1, 0.15) is 6.10 Å². The Hall–Kier alpha value is -1.61. The highest BCUT2D eigenvalue weighted by Crippen LogP contribution is 2.52. The summed E-state index contributed by atoms with van der Waals surface area (Å²) in [6.45, 7) is 3.55. The molecule has 0 unspecified atom stereocenters. The summed E-state index contributed by atoms with van der Waals surface area (Å²) in [6, 6.07) is 9.38. The van der Waals surface area contributed by atoms with Crippen molar-refractivity contribution >= 4 is 5.97 Å². The highest BCUT2D eigenvalue weighted by Gasteiger charge is 2.62. The van der Waals surface area contributed by atoms with Crippen molar-refractivity contribution < 1.29 is 14.6 Å². The Kier molecular flexibility index (Phi) is 2.32. The van der Waals surface area contributed by atoms with Crippen LogP contribution < -0.4 is 0 Å². The van der Waals surface area contributed by atoms with E-state index in [2.05, 4.69) is 6.58 Å². The van der Waals surface area contributed by atoms with Crippen molar-refractivity contribution in [1.29, 1.82) is 0 Å². The average molecular weight is 204 g/mol. The molecule has 1 aromatic rings. The summed E-state index contributed by atoms with van der Waals surface area (Å²) in [5.74, 6) is -0.920. The van der Waals surface area contributed by atoms with Crippen molar-refractivity contribution in [2.75, 3.05) is 0 Å². The summed E-state index contributed by atoms with van der Waals surface area (Å²) in [5.41, 5.74) is -0.176. The molecule has 0 aromatic heterocycles. The van der Waals surface area contributed by atoms with Crippen LogP contribution in [-0.4, -0.2) is 16.7 Å². The lowest BCUT2D eigenvalue weighted by Crippen LogP contribution is -2.24. The van der Waals surface area contributed by atoms with Crippen molar-refractivity contribution in [2.24, 2.45) is 0 Å². The maximum absolute atomic E-state index is 11.1. The molecule has 1 heterocycles. The molecule has 0 bridgehead atoms. The monoisotopic (exact) mass is 204 g/mol. The van der Waals surface area contributed by atoms with Crippen LogP contribution in [0.2, 0.25) is 0 Å². The molecule has 1 N–H and O–H groups in total. The topological polar surface area (TPSA) is 49.8 Å². The number of aliphatic carboxylic acids is 1. The molecule has 0 aliphatic carbocycles. The Morgan fingerprint density at radius 1 is 1.53 bits per heavy atom. The van der Waals surface area contributed by atoms with Crippen LogP contribution in [0.25, 0.3) is 0 Å². The molecule has 1 saturated heterocycles. The van der Waals surface area contributed by atoms with E-state index in [1.807, 2.05) is 30.3 Å². The second kappa shape index (κ2) is 3.51. The van der Waals surface area contributed by atoms with E-state index < -0.39 is 11.6 Å². The van der Waals surface area contributed by atoms with Gasteiger partial charge in [-0.3, -0.25) is 0 Å². The highest BCUT2D eigenvalue weighted by atomic mass is 16.6. The largest absolute Gasteiger partial charge is 0.479 e. The maximum Gasteiger partial charge on any atom is 0.339 e. The summed E-state index contributed by atoms with van der Waals surface area (Å²) < 4.78 is 5.32. The van der Waals surface area contributed by atoms with E-state index in [1.54, 1.807) is 6.08 Å². The van der Waals surface area contributed by atoms with E-state index in [0.717, 1.165) is 5.56 Å². The normalized spacial score (nSPS) is 28.4. The minimum absolute atomic E-state index is 0.335. The molecule has 15 heavy (non-hydrogen) atoms. The molecular formula is C12H12O3. The molecule has 1 aromatic carbocycles. The predicted octanol–water partition coefficient (Wildman–Crippen LogP) is 2.16. The smallest absolute Gasteiger partial charge is 0.339 e. The molecule has 2 atom stereocenters. The summed E-state index contributed by atoms with van der Waals surface area (Å²) in [5, 5.41) is 9.09. The van der Waals surface area contributed by atoms with Crippen LogP contribution >= 0.6 is 0 Å². The quantitative estimate of drug-likeness (QED) is 0.604. The van der Waals surface area contributed by atoms with Crippen molar-refractivity contribution in [3.05, 3.63) is 48.6 Å². The standard InChI is InChI=1S/C12H12O3/c1-2-8-12(11(13)14)10(15-12)9-6-4-3-5-7-9/h2-7,10H,1,8H2,(H,13,14)/t10-,12+/m1/s1. The first kappa shape index (κ1) is 9.93. The van der Waals surface area contributed by atoms with Crippen LogP contribution in [0.3, 0.4) is 0 Å². The Morgan fingerprint density at radius 3 is 2.73 bits per heavy atom. The zero-order valence-electron chi connectivity index (χ0n) is 8.22. The molecule has 1 aliphatic rings. The summed E-state index contributed by atoms with van der Waals surface area (Å²) in [7, 11) is 0. The van der Waals surface area contributed by atoms with Crippen LogP contribution in [0.15, 0.2) is 43.0 Å². The van der Waals surface area contributed by atoms with E-state index in [1.165, 1.54) is 0 Å². The van der Waals surface area contributed by atoms with Gasteiger partial charge in [0.05, 0.1) is 0 Å². The van der Waals surface area contributed by atoms with Crippen LogP contribution in [0.4, 0.5) is 0 Å². The minimum Gasteiger partial charge on any atom is -0.479 e. The first-order valence-corrected chi connectivity index (χ1v) is 4.78. The average Bonchev–Trinajstić information content (AvgIpc) is 2.96. The molecule has 1 aliphatic heterocycles. The first-order chi connectivity index (χ1) is 7.20. The lowest BCUT2D eigenvalue weighted by molar-refractivity contribution is -0.143. The van der Waals surface area contributed by atoms with Crippen molar-refractivity contribution in [2.45, 2.75) is 18.1 Å². The van der Waals surface area contributed by atoms with E-state index >= 15 is 0 Å². The summed E-state index contributed by atoms with van der Waals surface area (Å²) in [4.78, 5) is 11.1. The van der Waals surface area contributed by atoms with Gasteiger partial charge < -0.3 is 9.84 Å². The van der Waals surface area contributed by atoms with Crippen molar-refractivity contribution in [3.63, 3.8) is 0 Å². The molecule has 2 rings (SSSR count). The second-order valence-corrected chi connectivity index (χ2v) is 3.60. The Morgan fingerprint density at radius 2 is 2.20 bits per heavy atom. The molecule has 0 spiro atoms. The number of carboxylic acid groups (broad SMARTS) is 1. The maximum atomic E-state index is 11.1. The van der Waals surface area contributed by atoms with Gasteiger partial charge in [-0.05, 0) is 5.56 Å². The van der Waals surface area contributed by atoms with Gasteiger partial charge in [0, 0.05) is 6.42 Å². The number of hydrogen-bond acceptors (Lipinski definition) is 2. The van der Waals surface area contributed by atoms with E-state index in [0.29, 0.717) is 6.42 Å². The minimum atomic E-state index is -1.08. The van der Waals surface area contributed by atoms with Gasteiger partial charge in [0.2, 0.25) is 0 Å². The second-order valence-electron chi connectivity index (χ2n) is 3.60. The van der Waals surface area contributed by atoms with Crippen LogP contribution in [0.1, 0.15) is 18.1 Å². The predicted molar refractivity (Wildman–Crippen MR) is 55.4 cm³/mol. The molecule has 0 radical (unpaired) electrons. The van der Waals surface area contributed by atoms with Gasteiger partial charge in [-0.25, -0.2) is 4.79 Å². The third-order valence-electron chi connectivity index (χ3n) is 2.61. The van der Waals surface area contributed by atoms with Crippen LogP contribution in [-0.2, 0) is 9.53 Å². The van der Waals surface area contributed by atoms with Gasteiger partial charge in [-0.1, -0.05) is 36.4 Å². The SMILES string of the molecule is C=CC[C@]1(C(=O)O)O[C@@H]1c1ccccc1. The van der Waals surface area contributed by atoms with Crippen LogP contribution in [0, 0.1) is 0 Å². The first-order valence-electron chi connectivity index (χ1n) is 4.78. The number of carbonyl (C=O) groups is 1. The lowest BCUT2D eigenvalue weighted by Gasteiger charge is -2.03. The van der Waals surface area contributed by atoms with Crippen molar-refractivity contribution in [3.8, 4) is 0 Å². The Balaban J connectivity index is 2.22. The number of epoxide rings is 1. The molecule has 3 heteroatoms. The summed E-state index contributed by atoms with van der Waals surface area (Å²) >= 11 is 0. The fourth-order valence-corrected chi connectivity index (χ4v) is 1.76. The van der Waals surface area contributed by atoms with E-state index in [-0.39, 0.29) is 6.10 Å². The van der Waals surface area contributed by atoms with E-state index in [9.17, 15) is 4.79 Å². The molecule has 0 amide bonds.